The monoisotopic (exact) mass is 444 g/mol. The lowest BCUT2D eigenvalue weighted by Crippen LogP contribution is -2.50. The number of hydrogen-bond donors (Lipinski definition) is 0. The van der Waals surface area contributed by atoms with Crippen LogP contribution in [0.25, 0.3) is 11.0 Å². The maximum Gasteiger partial charge on any atom is 0.410 e. The van der Waals surface area contributed by atoms with Crippen molar-refractivity contribution in [3.63, 3.8) is 0 Å². The van der Waals surface area contributed by atoms with E-state index in [-0.39, 0.29) is 11.2 Å². The van der Waals surface area contributed by atoms with Gasteiger partial charge in [0.05, 0.1) is 15.5 Å². The minimum atomic E-state index is -0.528. The van der Waals surface area contributed by atoms with Crippen molar-refractivity contribution in [2.24, 2.45) is 0 Å². The number of nitrogens with zero attached hydrogens (tertiary/aromatic N) is 4. The molecule has 0 spiro atoms. The Kier molecular flexibility index (Phi) is 5.25. The summed E-state index contributed by atoms with van der Waals surface area (Å²) in [7, 11) is 0. The van der Waals surface area contributed by atoms with Crippen LogP contribution in [0.4, 0.5) is 15.0 Å². The molecule has 3 rings (SSSR count). The average molecular weight is 446 g/mol. The highest BCUT2D eigenvalue weighted by atomic mass is 79.9. The van der Waals surface area contributed by atoms with Gasteiger partial charge in [0.2, 0.25) is 0 Å². The number of amides is 1. The van der Waals surface area contributed by atoms with Gasteiger partial charge in [-0.05, 0) is 42.8 Å². The van der Waals surface area contributed by atoms with E-state index >= 15 is 0 Å². The summed E-state index contributed by atoms with van der Waals surface area (Å²) in [6, 6.07) is 2.87. The minimum absolute atomic E-state index is 0.252. The number of piperazine rings is 1. The number of hydrogen-bond acceptors (Lipinski definition) is 5. The van der Waals surface area contributed by atoms with E-state index < -0.39 is 11.4 Å². The maximum atomic E-state index is 13.8. The summed E-state index contributed by atoms with van der Waals surface area (Å²) >= 11 is 9.42. The number of benzene rings is 1. The SMILES string of the molecule is CC(C)(C)OC(=O)N1CCN(c2nc3cc(F)c(Br)cc3nc2Cl)CC1. The second-order valence-corrected chi connectivity index (χ2v) is 8.26. The molecule has 1 fully saturated rings. The van der Waals surface area contributed by atoms with E-state index in [1.54, 1.807) is 11.0 Å². The number of halogens is 3. The molecule has 2 heterocycles. The smallest absolute Gasteiger partial charge is 0.410 e. The van der Waals surface area contributed by atoms with E-state index in [1.165, 1.54) is 6.07 Å². The Morgan fingerprint density at radius 3 is 2.42 bits per heavy atom. The molecule has 0 unspecified atom stereocenters. The summed E-state index contributed by atoms with van der Waals surface area (Å²) in [6.45, 7) is 7.56. The topological polar surface area (TPSA) is 58.6 Å². The molecule has 2 aromatic rings. The van der Waals surface area contributed by atoms with Gasteiger partial charge in [0.15, 0.2) is 11.0 Å². The molecule has 26 heavy (non-hydrogen) atoms. The lowest BCUT2D eigenvalue weighted by molar-refractivity contribution is 0.0240. The van der Waals surface area contributed by atoms with E-state index in [9.17, 15) is 9.18 Å². The van der Waals surface area contributed by atoms with Crippen molar-refractivity contribution in [3.8, 4) is 0 Å². The van der Waals surface area contributed by atoms with Gasteiger partial charge < -0.3 is 14.5 Å². The average Bonchev–Trinajstić information content (AvgIpc) is 2.54. The fourth-order valence-corrected chi connectivity index (χ4v) is 3.23. The number of anilines is 1. The van der Waals surface area contributed by atoms with Crippen LogP contribution in [-0.4, -0.2) is 52.7 Å². The third kappa shape index (κ3) is 4.17. The Hall–Kier alpha value is -1.67. The Balaban J connectivity index is 1.76. The number of ether oxygens (including phenoxy) is 1. The number of fused-ring (bicyclic) bond motifs is 1. The van der Waals surface area contributed by atoms with Gasteiger partial charge in [-0.15, -0.1) is 0 Å². The molecule has 1 aliphatic heterocycles. The maximum absolute atomic E-state index is 13.8. The second kappa shape index (κ2) is 7.15. The van der Waals surface area contributed by atoms with Gasteiger partial charge in [0, 0.05) is 32.2 Å². The van der Waals surface area contributed by atoms with Crippen LogP contribution < -0.4 is 4.90 Å². The first-order valence-corrected chi connectivity index (χ1v) is 9.36. The number of rotatable bonds is 1. The first-order valence-electron chi connectivity index (χ1n) is 8.19. The molecular weight excluding hydrogens is 427 g/mol. The first-order chi connectivity index (χ1) is 12.1. The van der Waals surface area contributed by atoms with Crippen molar-refractivity contribution in [2.45, 2.75) is 26.4 Å². The van der Waals surface area contributed by atoms with Gasteiger partial charge in [-0.25, -0.2) is 19.2 Å². The Labute approximate surface area is 164 Å². The molecule has 9 heteroatoms. The van der Waals surface area contributed by atoms with E-state index in [2.05, 4.69) is 25.9 Å². The van der Waals surface area contributed by atoms with Gasteiger partial charge in [-0.3, -0.25) is 0 Å². The van der Waals surface area contributed by atoms with Crippen molar-refractivity contribution in [2.75, 3.05) is 31.1 Å². The highest BCUT2D eigenvalue weighted by Gasteiger charge is 2.27. The van der Waals surface area contributed by atoms with Crippen LogP contribution in [0.1, 0.15) is 20.8 Å². The molecule has 0 N–H and O–H groups in total. The van der Waals surface area contributed by atoms with Crippen molar-refractivity contribution >= 4 is 50.5 Å². The molecule has 0 aliphatic carbocycles. The Morgan fingerprint density at radius 2 is 1.81 bits per heavy atom. The molecule has 1 aromatic heterocycles. The normalized spacial score (nSPS) is 15.5. The third-order valence-corrected chi connectivity index (χ3v) is 4.74. The molecule has 1 amide bonds. The van der Waals surface area contributed by atoms with E-state index in [4.69, 9.17) is 16.3 Å². The van der Waals surface area contributed by atoms with Crippen LogP contribution in [0.3, 0.4) is 0 Å². The third-order valence-electron chi connectivity index (χ3n) is 3.88. The summed E-state index contributed by atoms with van der Waals surface area (Å²) in [5, 5.41) is 0.252. The zero-order valence-corrected chi connectivity index (χ0v) is 17.1. The van der Waals surface area contributed by atoms with E-state index in [0.717, 1.165) is 0 Å². The lowest BCUT2D eigenvalue weighted by Gasteiger charge is -2.36. The molecule has 0 radical (unpaired) electrons. The predicted octanol–water partition coefficient (Wildman–Crippen LogP) is 4.24. The second-order valence-electron chi connectivity index (χ2n) is 7.05. The number of aromatic nitrogens is 2. The quantitative estimate of drug-likeness (QED) is 0.657. The minimum Gasteiger partial charge on any atom is -0.444 e. The van der Waals surface area contributed by atoms with Gasteiger partial charge in [-0.1, -0.05) is 11.6 Å². The number of carbonyl (C=O) groups excluding carboxylic acids is 1. The molecule has 1 saturated heterocycles. The zero-order chi connectivity index (χ0) is 19.1. The van der Waals surface area contributed by atoms with Crippen LogP contribution in [0.2, 0.25) is 5.15 Å². The summed E-state index contributed by atoms with van der Waals surface area (Å²) in [5.74, 6) is 0.0829. The van der Waals surface area contributed by atoms with Gasteiger partial charge in [0.1, 0.15) is 11.4 Å². The Morgan fingerprint density at radius 1 is 1.19 bits per heavy atom. The predicted molar refractivity (Wildman–Crippen MR) is 102 cm³/mol. The van der Waals surface area contributed by atoms with Crippen molar-refractivity contribution in [1.82, 2.24) is 14.9 Å². The number of carbonyl (C=O) groups is 1. The zero-order valence-electron chi connectivity index (χ0n) is 14.7. The van der Waals surface area contributed by atoms with Crippen molar-refractivity contribution < 1.29 is 13.9 Å². The highest BCUT2D eigenvalue weighted by molar-refractivity contribution is 9.10. The fraction of sp³-hybridized carbons (Fsp3) is 0.471. The van der Waals surface area contributed by atoms with Crippen LogP contribution >= 0.6 is 27.5 Å². The van der Waals surface area contributed by atoms with Gasteiger partial charge >= 0.3 is 6.09 Å². The molecule has 1 aliphatic rings. The van der Waals surface area contributed by atoms with Gasteiger partial charge in [-0.2, -0.15) is 0 Å². The van der Waals surface area contributed by atoms with E-state index in [1.807, 2.05) is 25.7 Å². The molecule has 0 atom stereocenters. The molecule has 140 valence electrons. The lowest BCUT2D eigenvalue weighted by atomic mass is 10.2. The van der Waals surface area contributed by atoms with Crippen molar-refractivity contribution in [1.29, 1.82) is 0 Å². The molecular formula is C17H19BrClFN4O2. The van der Waals surface area contributed by atoms with Gasteiger partial charge in [0.25, 0.3) is 0 Å². The molecule has 0 saturated carbocycles. The largest absolute Gasteiger partial charge is 0.444 e. The van der Waals surface area contributed by atoms with Crippen LogP contribution in [0.15, 0.2) is 16.6 Å². The van der Waals surface area contributed by atoms with Crippen LogP contribution in [0.5, 0.6) is 0 Å². The van der Waals surface area contributed by atoms with Crippen molar-refractivity contribution in [3.05, 3.63) is 27.6 Å². The summed E-state index contributed by atoms with van der Waals surface area (Å²) in [6.07, 6.45) is -0.334. The highest BCUT2D eigenvalue weighted by Crippen LogP contribution is 2.28. The fourth-order valence-electron chi connectivity index (χ4n) is 2.65. The molecule has 1 aromatic carbocycles. The summed E-state index contributed by atoms with van der Waals surface area (Å²) < 4.78 is 19.5. The van der Waals surface area contributed by atoms with Crippen LogP contribution in [0, 0.1) is 5.82 Å². The standard InChI is InChI=1S/C17H19BrClFN4O2/c1-17(2,3)26-16(25)24-6-4-23(5-7-24)15-14(19)21-12-8-10(18)11(20)9-13(12)22-15/h8-9H,4-7H2,1-3H3. The summed E-state index contributed by atoms with van der Waals surface area (Å²) in [5.41, 5.74) is 0.416. The molecule has 0 bridgehead atoms. The first kappa shape index (κ1) is 19.1. The van der Waals surface area contributed by atoms with Crippen LogP contribution in [-0.2, 0) is 4.74 Å². The summed E-state index contributed by atoms with van der Waals surface area (Å²) in [4.78, 5) is 24.5. The van der Waals surface area contributed by atoms with E-state index in [0.29, 0.717) is 47.5 Å². The Bertz CT molecular complexity index is 851. The molecule has 6 nitrogen and oxygen atoms in total.